The largest absolute Gasteiger partial charge is 0.383 e. The molecule has 170 valence electrons. The summed E-state index contributed by atoms with van der Waals surface area (Å²) in [6.45, 7) is 2.26. The van der Waals surface area contributed by atoms with Gasteiger partial charge in [0.1, 0.15) is 0 Å². The molecule has 1 heterocycles. The monoisotopic (exact) mass is 448 g/mol. The van der Waals surface area contributed by atoms with Gasteiger partial charge in [-0.2, -0.15) is 0 Å². The zero-order chi connectivity index (χ0) is 23.5. The molecular weight excluding hydrogens is 424 g/mol. The van der Waals surface area contributed by atoms with Crippen molar-refractivity contribution in [2.75, 3.05) is 23.7 Å². The second kappa shape index (κ2) is 9.23. The summed E-state index contributed by atoms with van der Waals surface area (Å²) in [7, 11) is 0. The Bertz CT molecular complexity index is 1130. The van der Waals surface area contributed by atoms with Crippen molar-refractivity contribution in [1.82, 2.24) is 4.90 Å². The van der Waals surface area contributed by atoms with Crippen molar-refractivity contribution in [3.8, 4) is 0 Å². The Morgan fingerprint density at radius 2 is 1.79 bits per heavy atom. The molecule has 33 heavy (non-hydrogen) atoms. The van der Waals surface area contributed by atoms with E-state index in [0.29, 0.717) is 24.2 Å². The first-order valence-corrected chi connectivity index (χ1v) is 10.8. The average Bonchev–Trinajstić information content (AvgIpc) is 3.04. The number of aryl methyl sites for hydroxylation is 1. The van der Waals surface area contributed by atoms with Gasteiger partial charge < -0.3 is 10.6 Å². The van der Waals surface area contributed by atoms with Gasteiger partial charge in [0.05, 0.1) is 22.3 Å². The van der Waals surface area contributed by atoms with E-state index in [1.807, 2.05) is 25.1 Å². The highest BCUT2D eigenvalue weighted by molar-refractivity contribution is 6.08. The maximum absolute atomic E-state index is 12.9. The first-order chi connectivity index (χ1) is 15.8. The van der Waals surface area contributed by atoms with Crippen molar-refractivity contribution in [3.05, 3.63) is 75.9 Å². The van der Waals surface area contributed by atoms with Gasteiger partial charge in [-0.15, -0.1) is 0 Å². The number of rotatable bonds is 7. The molecule has 2 N–H and O–H groups in total. The highest BCUT2D eigenvalue weighted by atomic mass is 16.6. The molecule has 0 unspecified atom stereocenters. The maximum Gasteiger partial charge on any atom is 0.270 e. The van der Waals surface area contributed by atoms with Gasteiger partial charge in [-0.1, -0.05) is 24.3 Å². The Balaban J connectivity index is 1.48. The van der Waals surface area contributed by atoms with E-state index in [1.54, 1.807) is 18.2 Å². The quantitative estimate of drug-likeness (QED) is 0.289. The van der Waals surface area contributed by atoms with Crippen LogP contribution in [0.15, 0.2) is 54.6 Å². The number of amides is 3. The minimum Gasteiger partial charge on any atom is -0.383 e. The predicted octanol–water partition coefficient (Wildman–Crippen LogP) is 3.52. The average molecular weight is 448 g/mol. The molecule has 2 aliphatic rings. The molecule has 2 atom stereocenters. The molecule has 0 bridgehead atoms. The number of nitrogens with zero attached hydrogens (tertiary/aromatic N) is 2. The molecule has 2 aromatic carbocycles. The number of anilines is 2. The van der Waals surface area contributed by atoms with E-state index in [2.05, 4.69) is 10.6 Å². The van der Waals surface area contributed by atoms with Crippen molar-refractivity contribution in [3.63, 3.8) is 0 Å². The molecular formula is C24H24N4O5. The summed E-state index contributed by atoms with van der Waals surface area (Å²) in [5.74, 6) is -1.43. The van der Waals surface area contributed by atoms with E-state index in [9.17, 15) is 24.5 Å². The van der Waals surface area contributed by atoms with Gasteiger partial charge in [0.25, 0.3) is 11.6 Å². The third-order valence-electron chi connectivity index (χ3n) is 5.98. The molecule has 1 aliphatic carbocycles. The Hall–Kier alpha value is -4.01. The van der Waals surface area contributed by atoms with E-state index in [4.69, 9.17) is 0 Å². The van der Waals surface area contributed by atoms with Crippen molar-refractivity contribution >= 4 is 34.8 Å². The minimum atomic E-state index is -0.565. The molecule has 1 saturated heterocycles. The van der Waals surface area contributed by atoms with Crippen LogP contribution in [0, 0.1) is 28.9 Å². The van der Waals surface area contributed by atoms with Crippen molar-refractivity contribution < 1.29 is 19.3 Å². The Kier molecular flexibility index (Phi) is 6.21. The smallest absolute Gasteiger partial charge is 0.270 e. The van der Waals surface area contributed by atoms with Crippen LogP contribution in [0.3, 0.4) is 0 Å². The van der Waals surface area contributed by atoms with E-state index in [0.717, 1.165) is 5.56 Å². The van der Waals surface area contributed by atoms with Crippen molar-refractivity contribution in [1.29, 1.82) is 0 Å². The maximum atomic E-state index is 12.9. The number of benzene rings is 2. The molecule has 2 aromatic rings. The fourth-order valence-electron chi connectivity index (χ4n) is 4.30. The number of nitro benzene ring substituents is 1. The van der Waals surface area contributed by atoms with Crippen LogP contribution in [-0.2, 0) is 9.59 Å². The number of likely N-dealkylation sites (tertiary alicyclic amines) is 1. The summed E-state index contributed by atoms with van der Waals surface area (Å²) in [6.07, 6.45) is 5.02. The van der Waals surface area contributed by atoms with E-state index in [-0.39, 0.29) is 48.0 Å². The van der Waals surface area contributed by atoms with Crippen LogP contribution in [0.2, 0.25) is 0 Å². The van der Waals surface area contributed by atoms with Crippen LogP contribution < -0.4 is 10.6 Å². The highest BCUT2D eigenvalue weighted by Gasteiger charge is 2.46. The van der Waals surface area contributed by atoms with Crippen molar-refractivity contribution in [2.24, 2.45) is 11.8 Å². The van der Waals surface area contributed by atoms with Gasteiger partial charge in [0.15, 0.2) is 0 Å². The summed E-state index contributed by atoms with van der Waals surface area (Å²) < 4.78 is 0. The van der Waals surface area contributed by atoms with Gasteiger partial charge in [-0.05, 0) is 43.5 Å². The number of imide groups is 1. The summed E-state index contributed by atoms with van der Waals surface area (Å²) in [5.41, 5.74) is 1.80. The number of hydrogen-bond acceptors (Lipinski definition) is 6. The summed E-state index contributed by atoms with van der Waals surface area (Å²) in [5, 5.41) is 17.1. The third-order valence-corrected chi connectivity index (χ3v) is 5.98. The predicted molar refractivity (Wildman–Crippen MR) is 123 cm³/mol. The van der Waals surface area contributed by atoms with Crippen molar-refractivity contribution in [2.45, 2.75) is 19.8 Å². The Labute approximate surface area is 190 Å². The summed E-state index contributed by atoms with van der Waals surface area (Å²) in [6, 6.07) is 11.2. The normalized spacial score (nSPS) is 19.4. The van der Waals surface area contributed by atoms with Crippen LogP contribution in [0.1, 0.15) is 28.8 Å². The van der Waals surface area contributed by atoms with Gasteiger partial charge in [-0.3, -0.25) is 29.4 Å². The van der Waals surface area contributed by atoms with Crippen LogP contribution in [0.5, 0.6) is 0 Å². The van der Waals surface area contributed by atoms with Gasteiger partial charge in [0.2, 0.25) is 11.8 Å². The van der Waals surface area contributed by atoms with Crippen LogP contribution in [-0.4, -0.2) is 40.6 Å². The fourth-order valence-corrected chi connectivity index (χ4v) is 4.30. The second-order valence-electron chi connectivity index (χ2n) is 8.22. The topological polar surface area (TPSA) is 122 Å². The molecule has 3 amide bonds. The van der Waals surface area contributed by atoms with Crippen LogP contribution in [0.4, 0.5) is 17.1 Å². The lowest BCUT2D eigenvalue weighted by Crippen LogP contribution is -2.35. The first kappa shape index (κ1) is 22.2. The Morgan fingerprint density at radius 3 is 2.42 bits per heavy atom. The fraction of sp³-hybridized carbons (Fsp3) is 0.292. The standard InChI is InChI=1S/C24H24N4O5/c1-15-5-4-6-16(13-15)26-22(29)20-14-17(28(32)33)9-10-21(20)25-11-12-27-23(30)18-7-2-3-8-19(18)24(27)31/h2-6,9-10,13-14,18-19,25H,7-8,11-12H2,1H3,(H,26,29)/t18-,19-/m0/s1. The summed E-state index contributed by atoms with van der Waals surface area (Å²) in [4.78, 5) is 50.1. The number of allylic oxidation sites excluding steroid dienone is 2. The lowest BCUT2D eigenvalue weighted by atomic mass is 9.85. The number of nitrogens with one attached hydrogen (secondary N) is 2. The lowest BCUT2D eigenvalue weighted by molar-refractivity contribution is -0.384. The zero-order valence-electron chi connectivity index (χ0n) is 18.1. The van der Waals surface area contributed by atoms with Gasteiger partial charge >= 0.3 is 0 Å². The molecule has 9 nitrogen and oxygen atoms in total. The lowest BCUT2D eigenvalue weighted by Gasteiger charge is -2.17. The summed E-state index contributed by atoms with van der Waals surface area (Å²) >= 11 is 0. The third kappa shape index (κ3) is 4.62. The molecule has 1 aliphatic heterocycles. The molecule has 0 aromatic heterocycles. The number of nitro groups is 1. The molecule has 1 fully saturated rings. The van der Waals surface area contributed by atoms with E-state index < -0.39 is 10.8 Å². The SMILES string of the molecule is Cc1cccc(NC(=O)c2cc([N+](=O)[O-])ccc2NCCN2C(=O)[C@H]3CC=CC[C@@H]3C2=O)c1. The van der Waals surface area contributed by atoms with Crippen LogP contribution in [0.25, 0.3) is 0 Å². The Morgan fingerprint density at radius 1 is 1.09 bits per heavy atom. The molecule has 0 spiro atoms. The van der Waals surface area contributed by atoms with Gasteiger partial charge in [0, 0.05) is 36.6 Å². The van der Waals surface area contributed by atoms with E-state index in [1.165, 1.54) is 23.1 Å². The number of carbonyl (C=O) groups excluding carboxylic acids is 3. The number of non-ortho nitro benzene ring substituents is 1. The highest BCUT2D eigenvalue weighted by Crippen LogP contribution is 2.35. The van der Waals surface area contributed by atoms with Crippen LogP contribution >= 0.6 is 0 Å². The molecule has 9 heteroatoms. The zero-order valence-corrected chi connectivity index (χ0v) is 18.1. The number of carbonyl (C=O) groups is 3. The molecule has 0 saturated carbocycles. The molecule has 4 rings (SSSR count). The van der Waals surface area contributed by atoms with Gasteiger partial charge in [-0.25, -0.2) is 0 Å². The number of hydrogen-bond donors (Lipinski definition) is 2. The minimum absolute atomic E-state index is 0.0997. The second-order valence-corrected chi connectivity index (χ2v) is 8.22. The number of fused-ring (bicyclic) bond motifs is 1. The van der Waals surface area contributed by atoms with E-state index >= 15 is 0 Å². The molecule has 0 radical (unpaired) electrons. The first-order valence-electron chi connectivity index (χ1n) is 10.8.